The lowest BCUT2D eigenvalue weighted by atomic mass is 10.2. The highest BCUT2D eigenvalue weighted by Gasteiger charge is 2.23. The number of rotatable bonds is 4. The quantitative estimate of drug-likeness (QED) is 0.378. The number of nitrogen functional groups attached to an aromatic ring is 1. The molecular formula is C16H16F2N6O6S2. The zero-order chi connectivity index (χ0) is 24.3. The second-order valence-corrected chi connectivity index (χ2v) is 9.06. The molecule has 12 nitrogen and oxygen atoms in total. The van der Waals surface area contributed by atoms with Gasteiger partial charge in [-0.15, -0.1) is 5.10 Å². The van der Waals surface area contributed by atoms with Crippen LogP contribution in [0.5, 0.6) is 0 Å². The highest BCUT2D eigenvalue weighted by Crippen LogP contribution is 2.19. The molecule has 2 aromatic carbocycles. The number of carbonyl (C=O) groups excluding carboxylic acids is 1. The van der Waals surface area contributed by atoms with Crippen LogP contribution in [0.2, 0.25) is 0 Å². The van der Waals surface area contributed by atoms with Crippen molar-refractivity contribution in [3.63, 3.8) is 0 Å². The minimum Gasteiger partial charge on any atom is -0.368 e. The van der Waals surface area contributed by atoms with Crippen LogP contribution < -0.4 is 16.2 Å². The van der Waals surface area contributed by atoms with E-state index in [0.29, 0.717) is 16.6 Å². The van der Waals surface area contributed by atoms with Gasteiger partial charge >= 0.3 is 0 Å². The molecule has 3 rings (SSSR count). The number of primary sulfonamides is 1. The van der Waals surface area contributed by atoms with Crippen molar-refractivity contribution in [2.75, 3.05) is 17.3 Å². The average molecular weight is 490 g/mol. The molecular weight excluding hydrogens is 474 g/mol. The Morgan fingerprint density at radius 1 is 1.06 bits per heavy atom. The van der Waals surface area contributed by atoms with Crippen molar-refractivity contribution in [3.05, 3.63) is 59.7 Å². The number of hydrogen-bond acceptors (Lipinski definition) is 9. The van der Waals surface area contributed by atoms with E-state index >= 15 is 0 Å². The third kappa shape index (κ3) is 6.77. The zero-order valence-corrected chi connectivity index (χ0v) is 17.7. The van der Waals surface area contributed by atoms with E-state index in [4.69, 9.17) is 15.4 Å². The first kappa shape index (κ1) is 24.8. The maximum Gasteiger partial charge on any atom is 0.287 e. The van der Waals surface area contributed by atoms with Crippen molar-refractivity contribution in [2.45, 2.75) is 4.90 Å². The van der Waals surface area contributed by atoms with Gasteiger partial charge in [-0.1, -0.05) is 6.07 Å². The van der Waals surface area contributed by atoms with Crippen LogP contribution >= 0.6 is 0 Å². The summed E-state index contributed by atoms with van der Waals surface area (Å²) in [6.07, 6.45) is 0.715. The summed E-state index contributed by atoms with van der Waals surface area (Å²) in [5.74, 6) is -3.80. The van der Waals surface area contributed by atoms with Gasteiger partial charge in [0, 0.05) is 5.69 Å². The minimum absolute atomic E-state index is 0.101. The molecule has 172 valence electrons. The second kappa shape index (κ2) is 9.35. The second-order valence-electron chi connectivity index (χ2n) is 6.03. The van der Waals surface area contributed by atoms with Gasteiger partial charge in [-0.3, -0.25) is 9.35 Å². The van der Waals surface area contributed by atoms with Gasteiger partial charge in [0.25, 0.3) is 16.0 Å². The monoisotopic (exact) mass is 490 g/mol. The summed E-state index contributed by atoms with van der Waals surface area (Å²) in [4.78, 5) is 16.0. The van der Waals surface area contributed by atoms with Gasteiger partial charge in [0.2, 0.25) is 21.9 Å². The summed E-state index contributed by atoms with van der Waals surface area (Å²) in [5, 5.41) is 11.5. The van der Waals surface area contributed by atoms with E-state index in [-0.39, 0.29) is 10.8 Å². The van der Waals surface area contributed by atoms with Crippen LogP contribution in [0.4, 0.5) is 26.4 Å². The predicted molar refractivity (Wildman–Crippen MR) is 109 cm³/mol. The molecule has 0 aliphatic heterocycles. The Balaban J connectivity index is 0.000000654. The van der Waals surface area contributed by atoms with E-state index in [1.165, 1.54) is 24.3 Å². The molecule has 0 unspecified atom stereocenters. The molecule has 0 saturated heterocycles. The fraction of sp³-hybridized carbons (Fsp3) is 0.0625. The maximum absolute atomic E-state index is 13.8. The van der Waals surface area contributed by atoms with Gasteiger partial charge in [0.05, 0.1) is 11.2 Å². The van der Waals surface area contributed by atoms with E-state index < -0.39 is 49.2 Å². The number of halogens is 2. The first-order valence-corrected chi connectivity index (χ1v) is 11.6. The van der Waals surface area contributed by atoms with Gasteiger partial charge in [-0.2, -0.15) is 18.1 Å². The number of aromatic nitrogens is 3. The summed E-state index contributed by atoms with van der Waals surface area (Å²) in [6, 6.07) is 8.23. The number of anilines is 3. The number of nitrogens with one attached hydrogen (secondary N) is 1. The molecule has 6 N–H and O–H groups in total. The molecule has 3 aromatic rings. The van der Waals surface area contributed by atoms with E-state index in [9.17, 15) is 30.4 Å². The molecule has 0 spiro atoms. The van der Waals surface area contributed by atoms with Crippen LogP contribution in [-0.2, 0) is 20.1 Å². The van der Waals surface area contributed by atoms with Crippen LogP contribution in [0.3, 0.4) is 0 Å². The highest BCUT2D eigenvalue weighted by molar-refractivity contribution is 7.89. The van der Waals surface area contributed by atoms with Crippen molar-refractivity contribution in [3.8, 4) is 0 Å². The smallest absolute Gasteiger partial charge is 0.287 e. The van der Waals surface area contributed by atoms with E-state index in [1.807, 2.05) is 0 Å². The first-order chi connectivity index (χ1) is 14.7. The van der Waals surface area contributed by atoms with Crippen molar-refractivity contribution in [1.29, 1.82) is 0 Å². The highest BCUT2D eigenvalue weighted by atomic mass is 32.2. The number of sulfonamides is 1. The number of carbonyl (C=O) groups is 1. The summed E-state index contributed by atoms with van der Waals surface area (Å²) < 4.78 is 76.4. The maximum atomic E-state index is 13.8. The molecule has 0 fully saturated rings. The van der Waals surface area contributed by atoms with E-state index in [0.717, 1.165) is 18.2 Å². The van der Waals surface area contributed by atoms with Crippen LogP contribution in [0.15, 0.2) is 47.4 Å². The number of nitrogens with two attached hydrogens (primary N) is 2. The molecule has 0 bridgehead atoms. The van der Waals surface area contributed by atoms with Crippen LogP contribution in [0, 0.1) is 11.6 Å². The third-order valence-electron chi connectivity index (χ3n) is 3.44. The largest absolute Gasteiger partial charge is 0.368 e. The Kier molecular flexibility index (Phi) is 7.24. The van der Waals surface area contributed by atoms with Gasteiger partial charge in [0.1, 0.15) is 17.2 Å². The van der Waals surface area contributed by atoms with Gasteiger partial charge < -0.3 is 11.1 Å². The van der Waals surface area contributed by atoms with Gasteiger partial charge in [-0.25, -0.2) is 22.3 Å². The Bertz CT molecular complexity index is 1330. The average Bonchev–Trinajstić information content (AvgIpc) is 3.00. The van der Waals surface area contributed by atoms with Crippen molar-refractivity contribution in [1.82, 2.24) is 14.8 Å². The molecule has 1 aromatic heterocycles. The van der Waals surface area contributed by atoms with E-state index in [2.05, 4.69) is 15.4 Å². The standard InChI is InChI=1S/C15H12F2N6O3S.CH4O3S/c16-10-2-1-3-11(17)12(10)13(24)23-14(18)21-15(22-23)20-8-4-6-9(7-5-8)27(19,25)26;1-5(2,3)4/h1-7H,(H2,19,25,26)(H3,18,20,21,22);1H3,(H,2,3,4). The number of benzene rings is 2. The molecule has 0 radical (unpaired) electrons. The number of nitrogens with zero attached hydrogens (tertiary/aromatic N) is 3. The summed E-state index contributed by atoms with van der Waals surface area (Å²) in [5.41, 5.74) is 5.15. The molecule has 0 aliphatic rings. The van der Waals surface area contributed by atoms with Gasteiger partial charge in [0.15, 0.2) is 0 Å². The predicted octanol–water partition coefficient (Wildman–Crippen LogP) is 0.722. The molecule has 32 heavy (non-hydrogen) atoms. The molecule has 1 heterocycles. The number of hydrogen-bond donors (Lipinski definition) is 4. The fourth-order valence-electron chi connectivity index (χ4n) is 2.19. The minimum atomic E-state index is -3.84. The fourth-order valence-corrected chi connectivity index (χ4v) is 2.71. The lowest BCUT2D eigenvalue weighted by Gasteiger charge is -2.04. The Morgan fingerprint density at radius 3 is 2.03 bits per heavy atom. The Hall–Kier alpha value is -3.47. The van der Waals surface area contributed by atoms with Crippen LogP contribution in [-0.4, -0.2) is 48.3 Å². The summed E-state index contributed by atoms with van der Waals surface area (Å²) >= 11 is 0. The molecule has 0 amide bonds. The lowest BCUT2D eigenvalue weighted by molar-refractivity contribution is 0.0939. The summed E-state index contributed by atoms with van der Waals surface area (Å²) in [7, 11) is -7.51. The lowest BCUT2D eigenvalue weighted by Crippen LogP contribution is -2.19. The van der Waals surface area contributed by atoms with E-state index in [1.54, 1.807) is 0 Å². The van der Waals surface area contributed by atoms with Crippen LogP contribution in [0.25, 0.3) is 0 Å². The van der Waals surface area contributed by atoms with Gasteiger partial charge in [-0.05, 0) is 36.4 Å². The third-order valence-corrected chi connectivity index (χ3v) is 4.37. The van der Waals surface area contributed by atoms with Crippen molar-refractivity contribution in [2.24, 2.45) is 5.14 Å². The van der Waals surface area contributed by atoms with Crippen LogP contribution in [0.1, 0.15) is 10.4 Å². The molecule has 16 heteroatoms. The van der Waals surface area contributed by atoms with Crippen molar-refractivity contribution < 1.29 is 35.0 Å². The zero-order valence-electron chi connectivity index (χ0n) is 16.1. The Morgan fingerprint density at radius 2 is 1.56 bits per heavy atom. The topological polar surface area (TPSA) is 200 Å². The first-order valence-electron chi connectivity index (χ1n) is 8.20. The molecule has 0 atom stereocenters. The molecule has 0 saturated carbocycles. The SMILES string of the molecule is CS(=O)(=O)O.Nc1nc(Nc2ccc(S(N)(=O)=O)cc2)nn1C(=O)c1c(F)cccc1F. The Labute approximate surface area is 180 Å². The normalized spacial score (nSPS) is 11.4. The summed E-state index contributed by atoms with van der Waals surface area (Å²) in [6.45, 7) is 0. The molecule has 0 aliphatic carbocycles. The van der Waals surface area contributed by atoms with Crippen molar-refractivity contribution >= 4 is 43.6 Å².